The molecule has 106 valence electrons. The minimum Gasteiger partial charge on any atom is -0.465 e. The Labute approximate surface area is 124 Å². The Bertz CT molecular complexity index is 849. The van der Waals surface area contributed by atoms with Gasteiger partial charge in [0.05, 0.1) is 30.9 Å². The minimum absolute atomic E-state index is 0.0571. The van der Waals surface area contributed by atoms with Gasteiger partial charge in [0, 0.05) is 0 Å². The van der Waals surface area contributed by atoms with Crippen molar-refractivity contribution in [1.82, 2.24) is 9.55 Å². The van der Waals surface area contributed by atoms with Gasteiger partial charge in [0.25, 0.3) is 5.56 Å². The number of esters is 1. The molecule has 21 heavy (non-hydrogen) atoms. The lowest BCUT2D eigenvalue weighted by Crippen LogP contribution is -2.20. The highest BCUT2D eigenvalue weighted by atomic mass is 32.1. The number of aromatic nitrogens is 2. The summed E-state index contributed by atoms with van der Waals surface area (Å²) in [6.07, 6.45) is 1.55. The Morgan fingerprint density at radius 1 is 1.29 bits per heavy atom. The molecule has 0 bridgehead atoms. The van der Waals surface area contributed by atoms with Gasteiger partial charge in [-0.15, -0.1) is 11.3 Å². The maximum absolute atomic E-state index is 12.3. The molecule has 5 nitrogen and oxygen atoms in total. The maximum Gasteiger partial charge on any atom is 0.337 e. The van der Waals surface area contributed by atoms with E-state index >= 15 is 0 Å². The summed E-state index contributed by atoms with van der Waals surface area (Å²) in [6, 6.07) is 8.75. The first-order valence-electron chi connectivity index (χ1n) is 6.29. The van der Waals surface area contributed by atoms with Crippen molar-refractivity contribution in [2.75, 3.05) is 7.11 Å². The summed E-state index contributed by atoms with van der Waals surface area (Å²) < 4.78 is 6.21. The second-order valence-electron chi connectivity index (χ2n) is 4.51. The number of carbonyl (C=O) groups is 1. The lowest BCUT2D eigenvalue weighted by molar-refractivity contribution is 0.0600. The molecule has 3 aromatic rings. The smallest absolute Gasteiger partial charge is 0.337 e. The SMILES string of the molecule is COC(=O)c1ccc(Cn2cnc3sccc3c2=O)cc1. The van der Waals surface area contributed by atoms with Crippen LogP contribution < -0.4 is 5.56 Å². The van der Waals surface area contributed by atoms with Gasteiger partial charge in [-0.25, -0.2) is 9.78 Å². The molecule has 2 heterocycles. The quantitative estimate of drug-likeness (QED) is 0.696. The van der Waals surface area contributed by atoms with Crippen LogP contribution >= 0.6 is 11.3 Å². The van der Waals surface area contributed by atoms with Gasteiger partial charge >= 0.3 is 5.97 Å². The Balaban J connectivity index is 1.90. The summed E-state index contributed by atoms with van der Waals surface area (Å²) in [6.45, 7) is 0.416. The van der Waals surface area contributed by atoms with E-state index in [9.17, 15) is 9.59 Å². The average molecular weight is 300 g/mol. The fraction of sp³-hybridized carbons (Fsp3) is 0.133. The molecule has 0 aliphatic rings. The summed E-state index contributed by atoms with van der Waals surface area (Å²) in [5, 5.41) is 2.49. The first-order valence-corrected chi connectivity index (χ1v) is 7.17. The van der Waals surface area contributed by atoms with Crippen LogP contribution in [0.2, 0.25) is 0 Å². The molecule has 1 aromatic carbocycles. The number of rotatable bonds is 3. The summed E-state index contributed by atoms with van der Waals surface area (Å²) >= 11 is 1.45. The van der Waals surface area contributed by atoms with E-state index < -0.39 is 0 Å². The molecule has 0 aliphatic carbocycles. The number of nitrogens with zero attached hydrogens (tertiary/aromatic N) is 2. The highest BCUT2D eigenvalue weighted by Crippen LogP contribution is 2.14. The number of hydrogen-bond acceptors (Lipinski definition) is 5. The van der Waals surface area contributed by atoms with Crippen LogP contribution in [0.15, 0.2) is 46.8 Å². The van der Waals surface area contributed by atoms with E-state index in [1.165, 1.54) is 18.4 Å². The highest BCUT2D eigenvalue weighted by Gasteiger charge is 2.07. The van der Waals surface area contributed by atoms with Crippen molar-refractivity contribution < 1.29 is 9.53 Å². The van der Waals surface area contributed by atoms with Crippen LogP contribution in [0.3, 0.4) is 0 Å². The van der Waals surface area contributed by atoms with E-state index in [1.54, 1.807) is 41.2 Å². The fourth-order valence-corrected chi connectivity index (χ4v) is 2.79. The Morgan fingerprint density at radius 3 is 2.76 bits per heavy atom. The number of thiophene rings is 1. The van der Waals surface area contributed by atoms with E-state index in [0.29, 0.717) is 17.5 Å². The monoisotopic (exact) mass is 300 g/mol. The zero-order chi connectivity index (χ0) is 14.8. The average Bonchev–Trinajstić information content (AvgIpc) is 2.99. The number of carbonyl (C=O) groups excluding carboxylic acids is 1. The largest absolute Gasteiger partial charge is 0.465 e. The number of benzene rings is 1. The molecular formula is C15H12N2O3S. The molecule has 0 unspecified atom stereocenters. The molecule has 3 rings (SSSR count). The van der Waals surface area contributed by atoms with Gasteiger partial charge in [-0.3, -0.25) is 9.36 Å². The van der Waals surface area contributed by atoms with Crippen LogP contribution in [0.1, 0.15) is 15.9 Å². The van der Waals surface area contributed by atoms with E-state index in [1.807, 2.05) is 5.38 Å². The van der Waals surface area contributed by atoms with Crippen LogP contribution in [-0.2, 0) is 11.3 Å². The number of fused-ring (bicyclic) bond motifs is 1. The Hall–Kier alpha value is -2.47. The zero-order valence-electron chi connectivity index (χ0n) is 11.3. The van der Waals surface area contributed by atoms with Gasteiger partial charge in [-0.2, -0.15) is 0 Å². The Kier molecular flexibility index (Phi) is 3.53. The number of hydrogen-bond donors (Lipinski definition) is 0. The van der Waals surface area contributed by atoms with Gasteiger partial charge in [-0.1, -0.05) is 12.1 Å². The number of methoxy groups -OCH3 is 1. The lowest BCUT2D eigenvalue weighted by atomic mass is 10.1. The van der Waals surface area contributed by atoms with Gasteiger partial charge in [-0.05, 0) is 29.1 Å². The molecule has 0 spiro atoms. The maximum atomic E-state index is 12.3. The van der Waals surface area contributed by atoms with Gasteiger partial charge in [0.1, 0.15) is 4.83 Å². The predicted molar refractivity (Wildman–Crippen MR) is 80.8 cm³/mol. The second kappa shape index (κ2) is 5.49. The summed E-state index contributed by atoms with van der Waals surface area (Å²) in [5.41, 5.74) is 1.35. The van der Waals surface area contributed by atoms with Crippen LogP contribution in [-0.4, -0.2) is 22.6 Å². The van der Waals surface area contributed by atoms with Crippen molar-refractivity contribution >= 4 is 27.5 Å². The molecule has 0 atom stereocenters. The van der Waals surface area contributed by atoms with Crippen LogP contribution in [0.4, 0.5) is 0 Å². The molecular weight excluding hydrogens is 288 g/mol. The van der Waals surface area contributed by atoms with Crippen LogP contribution in [0.25, 0.3) is 10.2 Å². The van der Waals surface area contributed by atoms with Crippen molar-refractivity contribution in [3.63, 3.8) is 0 Å². The molecule has 0 saturated carbocycles. The topological polar surface area (TPSA) is 61.2 Å². The third kappa shape index (κ3) is 2.57. The van der Waals surface area contributed by atoms with Crippen molar-refractivity contribution in [3.8, 4) is 0 Å². The highest BCUT2D eigenvalue weighted by molar-refractivity contribution is 7.16. The van der Waals surface area contributed by atoms with Crippen molar-refractivity contribution in [2.24, 2.45) is 0 Å². The van der Waals surface area contributed by atoms with E-state index in [4.69, 9.17) is 0 Å². The third-order valence-electron chi connectivity index (χ3n) is 3.18. The first kappa shape index (κ1) is 13.5. The Morgan fingerprint density at radius 2 is 2.05 bits per heavy atom. The first-order chi connectivity index (χ1) is 10.2. The number of ether oxygens (including phenoxy) is 1. The molecule has 0 amide bonds. The van der Waals surface area contributed by atoms with Gasteiger partial charge in [0.2, 0.25) is 0 Å². The molecule has 0 radical (unpaired) electrons. The van der Waals surface area contributed by atoms with Gasteiger partial charge in [0.15, 0.2) is 0 Å². The predicted octanol–water partition coefficient (Wildman–Crippen LogP) is 2.29. The zero-order valence-corrected chi connectivity index (χ0v) is 12.1. The van der Waals surface area contributed by atoms with Crippen LogP contribution in [0, 0.1) is 0 Å². The van der Waals surface area contributed by atoms with Gasteiger partial charge < -0.3 is 4.74 Å². The van der Waals surface area contributed by atoms with Crippen molar-refractivity contribution in [2.45, 2.75) is 6.54 Å². The molecule has 0 aliphatic heterocycles. The second-order valence-corrected chi connectivity index (χ2v) is 5.40. The van der Waals surface area contributed by atoms with E-state index in [-0.39, 0.29) is 11.5 Å². The summed E-state index contributed by atoms with van der Waals surface area (Å²) in [7, 11) is 1.34. The molecule has 0 saturated heterocycles. The summed E-state index contributed by atoms with van der Waals surface area (Å²) in [5.74, 6) is -0.375. The standard InChI is InChI=1S/C15H12N2O3S/c1-20-15(19)11-4-2-10(3-5-11)8-17-9-16-13-12(14(17)18)6-7-21-13/h2-7,9H,8H2,1H3. The van der Waals surface area contributed by atoms with Crippen LogP contribution in [0.5, 0.6) is 0 Å². The minimum atomic E-state index is -0.375. The third-order valence-corrected chi connectivity index (χ3v) is 4.00. The van der Waals surface area contributed by atoms with Crippen molar-refractivity contribution in [3.05, 3.63) is 63.5 Å². The van der Waals surface area contributed by atoms with E-state index in [2.05, 4.69) is 9.72 Å². The summed E-state index contributed by atoms with van der Waals surface area (Å²) in [4.78, 5) is 28.7. The molecule has 0 N–H and O–H groups in total. The molecule has 0 fully saturated rings. The van der Waals surface area contributed by atoms with Crippen molar-refractivity contribution in [1.29, 1.82) is 0 Å². The molecule has 2 aromatic heterocycles. The lowest BCUT2D eigenvalue weighted by Gasteiger charge is -2.06. The van der Waals surface area contributed by atoms with E-state index in [0.717, 1.165) is 10.4 Å². The molecule has 6 heteroatoms. The normalized spacial score (nSPS) is 10.7. The fourth-order valence-electron chi connectivity index (χ4n) is 2.07.